The number of amides is 1. The van der Waals surface area contributed by atoms with Crippen LogP contribution in [0.15, 0.2) is 24.3 Å². The fourth-order valence-corrected chi connectivity index (χ4v) is 1.91. The van der Waals surface area contributed by atoms with Crippen molar-refractivity contribution in [2.24, 2.45) is 0 Å². The highest BCUT2D eigenvalue weighted by atomic mass is 35.5. The molecule has 1 amide bonds. The number of rotatable bonds is 9. The molecule has 6 heteroatoms. The van der Waals surface area contributed by atoms with E-state index in [4.69, 9.17) is 21.4 Å². The summed E-state index contributed by atoms with van der Waals surface area (Å²) in [6.07, 6.45) is 1.56. The minimum atomic E-state index is -0.830. The second kappa shape index (κ2) is 9.23. The Kier molecular flexibility index (Phi) is 7.61. The highest BCUT2D eigenvalue weighted by Crippen LogP contribution is 2.22. The number of hydrogen-bond acceptors (Lipinski definition) is 3. The lowest BCUT2D eigenvalue weighted by Gasteiger charge is -2.17. The maximum atomic E-state index is 11.8. The molecule has 0 fully saturated rings. The van der Waals surface area contributed by atoms with Crippen LogP contribution in [-0.4, -0.2) is 42.1 Å². The second-order valence-corrected chi connectivity index (χ2v) is 5.10. The third-order valence-electron chi connectivity index (χ3n) is 2.98. The predicted octanol–water partition coefficient (Wildman–Crippen LogP) is 2.82. The Balaban J connectivity index is 2.21. The lowest BCUT2D eigenvalue weighted by Crippen LogP contribution is -2.30. The summed E-state index contributed by atoms with van der Waals surface area (Å²) in [6.45, 7) is 0.823. The van der Waals surface area contributed by atoms with Crippen LogP contribution in [0.3, 0.4) is 0 Å². The summed E-state index contributed by atoms with van der Waals surface area (Å²) in [7, 11) is 1.70. The average molecular weight is 314 g/mol. The number of likely N-dealkylation sites (N-methyl/N-ethyl adjacent to an activating group) is 1. The largest absolute Gasteiger partial charge is 0.490 e. The molecule has 1 N–H and O–H groups in total. The van der Waals surface area contributed by atoms with Gasteiger partial charge in [0.2, 0.25) is 5.91 Å². The summed E-state index contributed by atoms with van der Waals surface area (Å²) in [5.74, 6) is -0.242. The van der Waals surface area contributed by atoms with E-state index in [2.05, 4.69) is 0 Å². The van der Waals surface area contributed by atoms with Crippen LogP contribution in [0.5, 0.6) is 5.75 Å². The standard InChI is InChI=1S/C15H20ClNO4/c1-17(14(18)8-4-5-9-15(19)20)10-11-21-13-7-3-2-6-12(13)16/h2-3,6-7H,4-5,8-11H2,1H3,(H,19,20). The second-order valence-electron chi connectivity index (χ2n) is 4.70. The zero-order chi connectivity index (χ0) is 15.7. The molecule has 0 aliphatic carbocycles. The van der Waals surface area contributed by atoms with Crippen LogP contribution >= 0.6 is 11.6 Å². The molecule has 0 aliphatic rings. The van der Waals surface area contributed by atoms with Crippen LogP contribution in [0.25, 0.3) is 0 Å². The lowest BCUT2D eigenvalue weighted by molar-refractivity contribution is -0.137. The number of aliphatic carboxylic acids is 1. The predicted molar refractivity (Wildman–Crippen MR) is 80.7 cm³/mol. The number of carboxylic acid groups (broad SMARTS) is 1. The van der Waals surface area contributed by atoms with Gasteiger partial charge in [-0.25, -0.2) is 0 Å². The summed E-state index contributed by atoms with van der Waals surface area (Å²) in [5.41, 5.74) is 0. The third-order valence-corrected chi connectivity index (χ3v) is 3.29. The van der Waals surface area contributed by atoms with Crippen molar-refractivity contribution in [3.63, 3.8) is 0 Å². The number of halogens is 1. The van der Waals surface area contributed by atoms with Crippen molar-refractivity contribution in [2.75, 3.05) is 20.2 Å². The summed E-state index contributed by atoms with van der Waals surface area (Å²) >= 11 is 5.96. The average Bonchev–Trinajstić information content (AvgIpc) is 2.45. The number of ether oxygens (including phenoxy) is 1. The first-order valence-electron chi connectivity index (χ1n) is 6.84. The zero-order valence-electron chi connectivity index (χ0n) is 12.0. The molecule has 0 unspecified atom stereocenters. The Morgan fingerprint density at radius 1 is 1.24 bits per heavy atom. The summed E-state index contributed by atoms with van der Waals surface area (Å²) in [4.78, 5) is 23.7. The minimum absolute atomic E-state index is 0.0110. The highest BCUT2D eigenvalue weighted by molar-refractivity contribution is 6.32. The molecule has 1 aromatic rings. The molecule has 0 spiro atoms. The van der Waals surface area contributed by atoms with Gasteiger partial charge in [0, 0.05) is 19.9 Å². The number of carbonyl (C=O) groups excluding carboxylic acids is 1. The summed E-state index contributed by atoms with van der Waals surface area (Å²) in [5, 5.41) is 9.05. The maximum Gasteiger partial charge on any atom is 0.303 e. The van der Waals surface area contributed by atoms with Crippen molar-refractivity contribution in [1.82, 2.24) is 4.90 Å². The maximum absolute atomic E-state index is 11.8. The molecule has 0 saturated heterocycles. The first-order chi connectivity index (χ1) is 10.0. The number of carboxylic acids is 1. The molecule has 0 aromatic heterocycles. The first kappa shape index (κ1) is 17.3. The van der Waals surface area contributed by atoms with Gasteiger partial charge < -0.3 is 14.7 Å². The van der Waals surface area contributed by atoms with Gasteiger partial charge in [0.25, 0.3) is 0 Å². The summed E-state index contributed by atoms with van der Waals surface area (Å²) in [6, 6.07) is 7.17. The first-order valence-corrected chi connectivity index (χ1v) is 7.21. The molecule has 0 heterocycles. The van der Waals surface area contributed by atoms with E-state index in [9.17, 15) is 9.59 Å². The topological polar surface area (TPSA) is 66.8 Å². The quantitative estimate of drug-likeness (QED) is 0.712. The van der Waals surface area contributed by atoms with Crippen LogP contribution in [0.1, 0.15) is 25.7 Å². The highest BCUT2D eigenvalue weighted by Gasteiger charge is 2.09. The Bertz CT molecular complexity index is 478. The molecule has 21 heavy (non-hydrogen) atoms. The van der Waals surface area contributed by atoms with Crippen LogP contribution in [-0.2, 0) is 9.59 Å². The van der Waals surface area contributed by atoms with Crippen molar-refractivity contribution in [2.45, 2.75) is 25.7 Å². The lowest BCUT2D eigenvalue weighted by atomic mass is 10.2. The van der Waals surface area contributed by atoms with E-state index in [0.717, 1.165) is 0 Å². The van der Waals surface area contributed by atoms with Crippen LogP contribution in [0, 0.1) is 0 Å². The van der Waals surface area contributed by atoms with Gasteiger partial charge in [-0.3, -0.25) is 9.59 Å². The number of nitrogens with zero attached hydrogens (tertiary/aromatic N) is 1. The van der Waals surface area contributed by atoms with Gasteiger partial charge in [0.15, 0.2) is 0 Å². The van der Waals surface area contributed by atoms with Gasteiger partial charge in [-0.1, -0.05) is 23.7 Å². The van der Waals surface area contributed by atoms with E-state index < -0.39 is 5.97 Å². The zero-order valence-corrected chi connectivity index (χ0v) is 12.8. The van der Waals surface area contributed by atoms with E-state index in [-0.39, 0.29) is 12.3 Å². The van der Waals surface area contributed by atoms with Crippen molar-refractivity contribution >= 4 is 23.5 Å². The van der Waals surface area contributed by atoms with E-state index in [1.54, 1.807) is 24.1 Å². The number of carbonyl (C=O) groups is 2. The number of benzene rings is 1. The number of unbranched alkanes of at least 4 members (excludes halogenated alkanes) is 1. The van der Waals surface area contributed by atoms with Gasteiger partial charge in [-0.05, 0) is 25.0 Å². The van der Waals surface area contributed by atoms with Crippen molar-refractivity contribution in [1.29, 1.82) is 0 Å². The van der Waals surface area contributed by atoms with E-state index in [1.165, 1.54) is 0 Å². The molecular formula is C15H20ClNO4. The monoisotopic (exact) mass is 313 g/mol. The van der Waals surface area contributed by atoms with Gasteiger partial charge >= 0.3 is 5.97 Å². The van der Waals surface area contributed by atoms with E-state index >= 15 is 0 Å². The smallest absolute Gasteiger partial charge is 0.303 e. The number of para-hydroxylation sites is 1. The van der Waals surface area contributed by atoms with Crippen LogP contribution < -0.4 is 4.74 Å². The summed E-state index contributed by atoms with van der Waals surface area (Å²) < 4.78 is 5.51. The molecule has 0 atom stereocenters. The van der Waals surface area contributed by atoms with E-state index in [1.807, 2.05) is 12.1 Å². The van der Waals surface area contributed by atoms with Crippen LogP contribution in [0.4, 0.5) is 0 Å². The van der Waals surface area contributed by atoms with Crippen molar-refractivity contribution in [3.8, 4) is 5.75 Å². The molecule has 0 aliphatic heterocycles. The van der Waals surface area contributed by atoms with Crippen LogP contribution in [0.2, 0.25) is 5.02 Å². The molecule has 1 rings (SSSR count). The van der Waals surface area contributed by atoms with Crippen molar-refractivity contribution in [3.05, 3.63) is 29.3 Å². The molecule has 116 valence electrons. The van der Waals surface area contributed by atoms with Gasteiger partial charge in [-0.15, -0.1) is 0 Å². The van der Waals surface area contributed by atoms with Crippen molar-refractivity contribution < 1.29 is 19.4 Å². The third kappa shape index (κ3) is 6.99. The Morgan fingerprint density at radius 2 is 1.90 bits per heavy atom. The Labute approximate surface area is 129 Å². The normalized spacial score (nSPS) is 10.2. The Hall–Kier alpha value is -1.75. The molecule has 0 radical (unpaired) electrons. The fourth-order valence-electron chi connectivity index (χ4n) is 1.72. The SMILES string of the molecule is CN(CCOc1ccccc1Cl)C(=O)CCCCC(=O)O. The van der Waals surface area contributed by atoms with Gasteiger partial charge in [0.05, 0.1) is 11.6 Å². The fraction of sp³-hybridized carbons (Fsp3) is 0.467. The molecule has 5 nitrogen and oxygen atoms in total. The molecule has 1 aromatic carbocycles. The van der Waals surface area contributed by atoms with Gasteiger partial charge in [-0.2, -0.15) is 0 Å². The molecular weight excluding hydrogens is 294 g/mol. The van der Waals surface area contributed by atoms with Gasteiger partial charge in [0.1, 0.15) is 12.4 Å². The van der Waals surface area contributed by atoms with E-state index in [0.29, 0.717) is 43.2 Å². The Morgan fingerprint density at radius 3 is 2.57 bits per heavy atom. The molecule has 0 bridgehead atoms. The minimum Gasteiger partial charge on any atom is -0.490 e. The number of hydrogen-bond donors (Lipinski definition) is 1. The molecule has 0 saturated carbocycles.